The fraction of sp³-hybridized carbons (Fsp3) is 0.154. The summed E-state index contributed by atoms with van der Waals surface area (Å²) in [5.74, 6) is 0.849. The molecular formula is C26H22Cl2N2O2. The summed E-state index contributed by atoms with van der Waals surface area (Å²) in [5, 5.41) is 3.83. The molecule has 1 aromatic heterocycles. The molecule has 1 amide bonds. The molecule has 0 bridgehead atoms. The van der Waals surface area contributed by atoms with E-state index < -0.39 is 0 Å². The second-order valence-corrected chi connectivity index (χ2v) is 8.70. The first-order valence-corrected chi connectivity index (χ1v) is 11.1. The van der Waals surface area contributed by atoms with Gasteiger partial charge in [0.05, 0.1) is 5.02 Å². The predicted molar refractivity (Wildman–Crippen MR) is 131 cm³/mol. The van der Waals surface area contributed by atoms with E-state index in [0.29, 0.717) is 45.1 Å². The quantitative estimate of drug-likeness (QED) is 0.300. The average Bonchev–Trinajstić information content (AvgIpc) is 3.16. The van der Waals surface area contributed by atoms with E-state index >= 15 is 0 Å². The number of aromatic nitrogens is 1. The van der Waals surface area contributed by atoms with Gasteiger partial charge < -0.3 is 9.73 Å². The predicted octanol–water partition coefficient (Wildman–Crippen LogP) is 7.50. The molecule has 3 aromatic carbocycles. The minimum Gasteiger partial charge on any atom is -0.439 e. The van der Waals surface area contributed by atoms with E-state index in [4.69, 9.17) is 27.6 Å². The summed E-state index contributed by atoms with van der Waals surface area (Å²) in [6.07, 6.45) is 3.84. The number of carbonyl (C=O) groups is 1. The van der Waals surface area contributed by atoms with Gasteiger partial charge in [-0.1, -0.05) is 73.4 Å². The number of fused-ring (bicyclic) bond motifs is 1. The maximum atomic E-state index is 12.2. The van der Waals surface area contributed by atoms with E-state index in [1.165, 1.54) is 11.6 Å². The van der Waals surface area contributed by atoms with Crippen molar-refractivity contribution < 1.29 is 9.21 Å². The van der Waals surface area contributed by atoms with Crippen molar-refractivity contribution in [2.24, 2.45) is 0 Å². The lowest BCUT2D eigenvalue weighted by atomic mass is 10.0. The van der Waals surface area contributed by atoms with Crippen LogP contribution in [0.15, 0.2) is 71.2 Å². The van der Waals surface area contributed by atoms with Crippen molar-refractivity contribution in [2.45, 2.75) is 26.2 Å². The molecule has 0 radical (unpaired) electrons. The number of anilines is 1. The van der Waals surface area contributed by atoms with Crippen LogP contribution < -0.4 is 5.32 Å². The van der Waals surface area contributed by atoms with Crippen molar-refractivity contribution in [1.29, 1.82) is 0 Å². The molecule has 0 fully saturated rings. The number of carbonyl (C=O) groups excluding carboxylic acids is 1. The Morgan fingerprint density at radius 3 is 2.47 bits per heavy atom. The molecule has 6 heteroatoms. The highest BCUT2D eigenvalue weighted by Crippen LogP contribution is 2.29. The zero-order chi connectivity index (χ0) is 22.7. The largest absolute Gasteiger partial charge is 0.439 e. The molecular weight excluding hydrogens is 443 g/mol. The van der Waals surface area contributed by atoms with Gasteiger partial charge in [-0.05, 0) is 52.9 Å². The number of nitrogens with zero attached hydrogens (tertiary/aromatic N) is 1. The van der Waals surface area contributed by atoms with Gasteiger partial charge in [0.2, 0.25) is 5.91 Å². The van der Waals surface area contributed by atoms with Gasteiger partial charge in [-0.3, -0.25) is 4.79 Å². The van der Waals surface area contributed by atoms with Gasteiger partial charge in [-0.25, -0.2) is 4.98 Å². The summed E-state index contributed by atoms with van der Waals surface area (Å²) in [7, 11) is 0. The number of rotatable bonds is 6. The molecule has 0 aliphatic rings. The van der Waals surface area contributed by atoms with Gasteiger partial charge in [0.15, 0.2) is 11.5 Å². The summed E-state index contributed by atoms with van der Waals surface area (Å²) in [6, 6.07) is 19.1. The highest BCUT2D eigenvalue weighted by molar-refractivity contribution is 6.37. The van der Waals surface area contributed by atoms with E-state index in [2.05, 4.69) is 36.3 Å². The lowest BCUT2D eigenvalue weighted by molar-refractivity contribution is -0.111. The summed E-state index contributed by atoms with van der Waals surface area (Å²) in [5.41, 5.74) is 5.13. The minimum absolute atomic E-state index is 0.184. The van der Waals surface area contributed by atoms with Gasteiger partial charge >= 0.3 is 0 Å². The molecule has 0 aliphatic heterocycles. The van der Waals surface area contributed by atoms with Gasteiger partial charge in [0.25, 0.3) is 0 Å². The average molecular weight is 465 g/mol. The Kier molecular flexibility index (Phi) is 6.63. The molecule has 0 saturated heterocycles. The zero-order valence-electron chi connectivity index (χ0n) is 17.7. The third-order valence-corrected chi connectivity index (χ3v) is 5.56. The fourth-order valence-electron chi connectivity index (χ4n) is 3.31. The summed E-state index contributed by atoms with van der Waals surface area (Å²) >= 11 is 12.2. The van der Waals surface area contributed by atoms with E-state index in [9.17, 15) is 4.79 Å². The topological polar surface area (TPSA) is 55.1 Å². The van der Waals surface area contributed by atoms with Crippen LogP contribution in [-0.2, 0) is 11.2 Å². The Bertz CT molecular complexity index is 1270. The van der Waals surface area contributed by atoms with Crippen LogP contribution in [0.5, 0.6) is 0 Å². The number of halogens is 2. The first-order valence-electron chi connectivity index (χ1n) is 10.3. The van der Waals surface area contributed by atoms with Crippen molar-refractivity contribution in [1.82, 2.24) is 4.98 Å². The van der Waals surface area contributed by atoms with Crippen molar-refractivity contribution in [3.63, 3.8) is 0 Å². The minimum atomic E-state index is -0.184. The van der Waals surface area contributed by atoms with E-state index in [1.807, 2.05) is 36.4 Å². The number of nitrogens with one attached hydrogen (secondary N) is 1. The van der Waals surface area contributed by atoms with Crippen LogP contribution in [-0.4, -0.2) is 10.9 Å². The van der Waals surface area contributed by atoms with Crippen molar-refractivity contribution >= 4 is 52.0 Å². The van der Waals surface area contributed by atoms with Crippen LogP contribution in [0.3, 0.4) is 0 Å². The van der Waals surface area contributed by atoms with Gasteiger partial charge in [-0.2, -0.15) is 0 Å². The van der Waals surface area contributed by atoms with Crippen LogP contribution in [0.2, 0.25) is 10.0 Å². The number of benzene rings is 3. The lowest BCUT2D eigenvalue weighted by Gasteiger charge is -2.05. The smallest absolute Gasteiger partial charge is 0.248 e. The van der Waals surface area contributed by atoms with Crippen LogP contribution in [0.1, 0.15) is 42.3 Å². The first-order chi connectivity index (χ1) is 15.4. The van der Waals surface area contributed by atoms with Crippen molar-refractivity contribution in [3.8, 4) is 0 Å². The fourth-order valence-corrected chi connectivity index (χ4v) is 3.83. The first kappa shape index (κ1) is 22.1. The molecule has 0 atom stereocenters. The van der Waals surface area contributed by atoms with Crippen molar-refractivity contribution in [2.75, 3.05) is 5.32 Å². The lowest BCUT2D eigenvalue weighted by Crippen LogP contribution is -2.07. The zero-order valence-corrected chi connectivity index (χ0v) is 19.2. The third-order valence-electron chi connectivity index (χ3n) is 5.06. The summed E-state index contributed by atoms with van der Waals surface area (Å²) < 4.78 is 5.77. The molecule has 0 saturated carbocycles. The van der Waals surface area contributed by atoms with Gasteiger partial charge in [0.1, 0.15) is 5.52 Å². The molecule has 32 heavy (non-hydrogen) atoms. The van der Waals surface area contributed by atoms with E-state index in [0.717, 1.165) is 11.1 Å². The highest BCUT2D eigenvalue weighted by Gasteiger charge is 2.11. The Hall–Kier alpha value is -3.08. The number of hydrogen-bond donors (Lipinski definition) is 1. The molecule has 4 aromatic rings. The Balaban J connectivity index is 1.37. The number of amides is 1. The molecule has 0 aliphatic carbocycles. The second-order valence-electron chi connectivity index (χ2n) is 7.86. The van der Waals surface area contributed by atoms with Crippen LogP contribution in [0.25, 0.3) is 17.2 Å². The number of oxazole rings is 1. The Labute approximate surface area is 196 Å². The van der Waals surface area contributed by atoms with Crippen molar-refractivity contribution in [3.05, 3.63) is 99.4 Å². The van der Waals surface area contributed by atoms with Crippen LogP contribution >= 0.6 is 23.2 Å². The van der Waals surface area contributed by atoms with Crippen LogP contribution in [0.4, 0.5) is 5.69 Å². The number of hydrogen-bond acceptors (Lipinski definition) is 3. The monoisotopic (exact) mass is 464 g/mol. The Morgan fingerprint density at radius 2 is 1.78 bits per heavy atom. The standard InChI is InChI=1S/C26H22Cl2N2O2/c1-16(2)19-8-3-17(4-9-19)7-12-24(31)29-21-10-5-18(6-11-21)13-25-30-23-15-20(27)14-22(28)26(23)32-25/h3-12,14-16H,13H2,1-2H3,(H,29,31)/b12-7+. The molecule has 0 spiro atoms. The SMILES string of the molecule is CC(C)c1ccc(/C=C/C(=O)Nc2ccc(Cc3nc4cc(Cl)cc(Cl)c4o3)cc2)cc1. The molecule has 4 nitrogen and oxygen atoms in total. The molecule has 1 heterocycles. The highest BCUT2D eigenvalue weighted by atomic mass is 35.5. The van der Waals surface area contributed by atoms with E-state index in [-0.39, 0.29) is 5.91 Å². The molecule has 4 rings (SSSR count). The molecule has 1 N–H and O–H groups in total. The summed E-state index contributed by atoms with van der Waals surface area (Å²) in [4.78, 5) is 16.7. The Morgan fingerprint density at radius 1 is 1.06 bits per heavy atom. The summed E-state index contributed by atoms with van der Waals surface area (Å²) in [6.45, 7) is 4.31. The molecule has 162 valence electrons. The maximum absolute atomic E-state index is 12.2. The van der Waals surface area contributed by atoms with E-state index in [1.54, 1.807) is 18.2 Å². The normalized spacial score (nSPS) is 11.5. The molecule has 0 unspecified atom stereocenters. The van der Waals surface area contributed by atoms with Crippen LogP contribution in [0, 0.1) is 0 Å². The van der Waals surface area contributed by atoms with Gasteiger partial charge in [-0.15, -0.1) is 0 Å². The third kappa shape index (κ3) is 5.39. The second kappa shape index (κ2) is 9.60. The maximum Gasteiger partial charge on any atom is 0.248 e. The van der Waals surface area contributed by atoms with Gasteiger partial charge in [0, 0.05) is 23.2 Å².